The molecule has 23 heteroatoms. The first kappa shape index (κ1) is 59.7. The lowest BCUT2D eigenvalue weighted by atomic mass is 9.90. The summed E-state index contributed by atoms with van der Waals surface area (Å²) in [5.74, 6) is -3.40. The van der Waals surface area contributed by atoms with Crippen LogP contribution < -0.4 is 21.0 Å². The van der Waals surface area contributed by atoms with Crippen LogP contribution in [0.2, 0.25) is 0 Å². The van der Waals surface area contributed by atoms with Crippen LogP contribution in [-0.2, 0) is 78.6 Å². The number of ether oxygens (including phenoxy) is 5. The highest BCUT2D eigenvalue weighted by molar-refractivity contribution is 8.01. The average molecular weight is 1020 g/mol. The van der Waals surface area contributed by atoms with E-state index in [1.165, 1.54) is 21.6 Å². The molecule has 5 N–H and O–H groups in total. The van der Waals surface area contributed by atoms with Crippen LogP contribution in [0, 0.1) is 17.8 Å². The zero-order valence-corrected chi connectivity index (χ0v) is 43.4. The van der Waals surface area contributed by atoms with Crippen molar-refractivity contribution in [1.82, 2.24) is 35.6 Å². The molecule has 1 aliphatic heterocycles. The molecule has 71 heavy (non-hydrogen) atoms. The van der Waals surface area contributed by atoms with E-state index in [0.29, 0.717) is 49.6 Å². The second-order valence-electron chi connectivity index (χ2n) is 18.1. The van der Waals surface area contributed by atoms with Crippen molar-refractivity contribution >= 4 is 59.3 Å². The molecular weight excluding hydrogens is 943 g/mol. The van der Waals surface area contributed by atoms with Gasteiger partial charge in [-0.2, -0.15) is 4.68 Å². The number of aromatic amines is 1. The van der Waals surface area contributed by atoms with Gasteiger partial charge in [0, 0.05) is 57.6 Å². The lowest BCUT2D eigenvalue weighted by molar-refractivity contribution is -0.754. The lowest BCUT2D eigenvalue weighted by Gasteiger charge is -2.25. The van der Waals surface area contributed by atoms with Gasteiger partial charge >= 0.3 is 18.1 Å². The predicted molar refractivity (Wildman–Crippen MR) is 261 cm³/mol. The summed E-state index contributed by atoms with van der Waals surface area (Å²) in [4.78, 5) is 107. The number of benzene rings is 1. The van der Waals surface area contributed by atoms with Gasteiger partial charge in [-0.25, -0.2) is 9.59 Å². The number of H-pyrrole nitrogens is 1. The zero-order valence-electron chi connectivity index (χ0n) is 42.6. The molecule has 0 bridgehead atoms. The zero-order chi connectivity index (χ0) is 52.5. The van der Waals surface area contributed by atoms with E-state index >= 15 is 0 Å². The minimum atomic E-state index is -0.952. The molecule has 1 aliphatic rings. The van der Waals surface area contributed by atoms with Crippen molar-refractivity contribution in [3.63, 3.8) is 0 Å². The van der Waals surface area contributed by atoms with Gasteiger partial charge in [0.05, 0.1) is 69.8 Å². The molecule has 1 aromatic heterocycles. The predicted octanol–water partition coefficient (Wildman–Crippen LogP) is 2.15. The summed E-state index contributed by atoms with van der Waals surface area (Å²) in [6.07, 6.45) is 1.60. The van der Waals surface area contributed by atoms with Gasteiger partial charge in [0.15, 0.2) is 12.0 Å². The van der Waals surface area contributed by atoms with Crippen molar-refractivity contribution in [1.29, 1.82) is 0 Å². The standard InChI is InChI=1S/C48H75N9O13S/c1-32(2)38(27-43(60)69-25-24-68-21-19-57-42(59)28-41(46(57)63)71-34(5)6)44(61)51-39(10-9-15-50-47(49)64)40(58)26-35-11-13-36(14-12-35)31-70-48(65)54(7)16-17-55(45(62)33(3)4)29-37-30-56(53-52-37)18-20-67-23-22-66-8/h11-14,30,32-34,38-39,41H,9-10,15-29,31H2,1-8H3,(H4,49,50,51,61,64)/p+1/t38-,39-,41?/m0/s1. The van der Waals surface area contributed by atoms with E-state index < -0.39 is 36.0 Å². The molecule has 0 radical (unpaired) electrons. The summed E-state index contributed by atoms with van der Waals surface area (Å²) < 4.78 is 28.7. The molecule has 0 saturated carbocycles. The molecule has 0 aliphatic carbocycles. The fraction of sp³-hybridized carbons (Fsp3) is 0.667. The van der Waals surface area contributed by atoms with E-state index in [-0.39, 0.29) is 131 Å². The number of nitrogens with one attached hydrogen (secondary N) is 3. The number of rotatable bonds is 34. The topological polar surface area (TPSA) is 275 Å². The minimum Gasteiger partial charge on any atom is -0.463 e. The molecule has 396 valence electrons. The number of amides is 7. The third-order valence-corrected chi connectivity index (χ3v) is 12.5. The Labute approximate surface area is 421 Å². The van der Waals surface area contributed by atoms with Crippen LogP contribution >= 0.6 is 11.8 Å². The van der Waals surface area contributed by atoms with E-state index in [9.17, 15) is 38.4 Å². The van der Waals surface area contributed by atoms with Gasteiger partial charge in [-0.15, -0.1) is 11.8 Å². The number of carbonyl (C=O) groups is 8. The first-order valence-electron chi connectivity index (χ1n) is 24.1. The number of imide groups is 1. The summed E-state index contributed by atoms with van der Waals surface area (Å²) in [5, 5.41) is 12.4. The fourth-order valence-corrected chi connectivity index (χ4v) is 8.40. The summed E-state index contributed by atoms with van der Waals surface area (Å²) >= 11 is 1.46. The number of methoxy groups -OCH3 is 1. The number of carbonyl (C=O) groups excluding carboxylic acids is 8. The molecule has 2 aromatic rings. The Kier molecular flexibility index (Phi) is 26.6. The number of urea groups is 1. The van der Waals surface area contributed by atoms with E-state index in [1.54, 1.807) is 61.9 Å². The third kappa shape index (κ3) is 22.1. The molecule has 1 aromatic carbocycles. The van der Waals surface area contributed by atoms with Crippen LogP contribution in [0.15, 0.2) is 30.5 Å². The van der Waals surface area contributed by atoms with E-state index in [0.717, 1.165) is 0 Å². The Balaban J connectivity index is 1.49. The van der Waals surface area contributed by atoms with Crippen molar-refractivity contribution < 1.29 is 66.7 Å². The van der Waals surface area contributed by atoms with E-state index in [4.69, 9.17) is 29.4 Å². The largest absolute Gasteiger partial charge is 0.463 e. The fourth-order valence-electron chi connectivity index (χ4n) is 7.26. The van der Waals surface area contributed by atoms with Crippen LogP contribution in [0.4, 0.5) is 9.59 Å². The number of hydrogen-bond acceptors (Lipinski definition) is 15. The van der Waals surface area contributed by atoms with Crippen LogP contribution in [0.3, 0.4) is 0 Å². The van der Waals surface area contributed by atoms with E-state index in [2.05, 4.69) is 20.9 Å². The maximum absolute atomic E-state index is 13.7. The number of Topliss-reactive ketones (excluding diaryl/α,β-unsaturated/α-hetero) is 1. The third-order valence-electron chi connectivity index (χ3n) is 11.3. The maximum atomic E-state index is 13.7. The average Bonchev–Trinajstić information content (AvgIpc) is 3.88. The van der Waals surface area contributed by atoms with Gasteiger partial charge in [-0.3, -0.25) is 33.7 Å². The molecule has 1 fully saturated rings. The van der Waals surface area contributed by atoms with Crippen molar-refractivity contribution in [2.45, 2.75) is 110 Å². The maximum Gasteiger partial charge on any atom is 0.409 e. The van der Waals surface area contributed by atoms with Crippen LogP contribution in [0.1, 0.15) is 84.0 Å². The second kappa shape index (κ2) is 31.6. The summed E-state index contributed by atoms with van der Waals surface area (Å²) in [5.41, 5.74) is 7.18. The van der Waals surface area contributed by atoms with Crippen LogP contribution in [-0.4, -0.2) is 169 Å². The van der Waals surface area contributed by atoms with E-state index in [1.807, 2.05) is 33.9 Å². The Morgan fingerprint density at radius 1 is 0.930 bits per heavy atom. The van der Waals surface area contributed by atoms with Gasteiger partial charge < -0.3 is 49.9 Å². The number of hydrogen-bond donors (Lipinski definition) is 4. The molecular formula is C48H76N9O13S+. The second-order valence-corrected chi connectivity index (χ2v) is 19.9. The van der Waals surface area contributed by atoms with Crippen molar-refractivity contribution in [2.24, 2.45) is 23.5 Å². The number of likely N-dealkylation sites (N-methyl/N-ethyl adjacent to an activating group) is 1. The van der Waals surface area contributed by atoms with Crippen molar-refractivity contribution in [3.8, 4) is 0 Å². The smallest absolute Gasteiger partial charge is 0.409 e. The van der Waals surface area contributed by atoms with Gasteiger partial charge in [-0.1, -0.05) is 71.0 Å². The number of nitrogens with two attached hydrogens (primary N) is 1. The Bertz CT molecular complexity index is 2030. The lowest BCUT2D eigenvalue weighted by Crippen LogP contribution is -2.46. The SMILES string of the molecule is COCCOCC[n+]1cc(CN(CCN(C)C(=O)OCc2ccc(CC(=O)[C@H](CCCNC(N)=O)NC(=O)[C@@H](CC(=O)OCCOCCN3C(=O)CC(SC(C)C)C3=O)C(C)C)cc2)C(=O)C(C)C)n[nH]1. The first-order chi connectivity index (χ1) is 33.8. The van der Waals surface area contributed by atoms with Gasteiger partial charge in [0.1, 0.15) is 19.8 Å². The highest BCUT2D eigenvalue weighted by Crippen LogP contribution is 2.28. The van der Waals surface area contributed by atoms with Crippen LogP contribution in [0.25, 0.3) is 0 Å². The molecule has 22 nitrogen and oxygen atoms in total. The Morgan fingerprint density at radius 3 is 2.28 bits per heavy atom. The number of aromatic nitrogens is 3. The minimum absolute atomic E-state index is 0.0230. The Morgan fingerprint density at radius 2 is 1.62 bits per heavy atom. The van der Waals surface area contributed by atoms with Gasteiger partial charge in [0.25, 0.3) is 0 Å². The Hall–Kier alpha value is -5.65. The molecule has 2 heterocycles. The molecule has 7 amide bonds. The number of thioether (sulfide) groups is 1. The first-order valence-corrected chi connectivity index (χ1v) is 25.1. The molecule has 1 saturated heterocycles. The quantitative estimate of drug-likeness (QED) is 0.0339. The normalized spacial score (nSPS) is 14.5. The number of esters is 1. The highest BCUT2D eigenvalue weighted by Gasteiger charge is 2.39. The number of ketones is 1. The number of likely N-dealkylation sites (tertiary alicyclic amines) is 1. The summed E-state index contributed by atoms with van der Waals surface area (Å²) in [6.45, 7) is 14.0. The number of primary amides is 1. The van der Waals surface area contributed by atoms with Gasteiger partial charge in [-0.05, 0) is 35.1 Å². The van der Waals surface area contributed by atoms with Gasteiger partial charge in [0.2, 0.25) is 29.3 Å². The van der Waals surface area contributed by atoms with Crippen molar-refractivity contribution in [3.05, 3.63) is 47.3 Å². The number of nitrogens with zero attached hydrogens (tertiary/aromatic N) is 5. The molecule has 0 spiro atoms. The molecule has 1 unspecified atom stereocenters. The van der Waals surface area contributed by atoms with Crippen molar-refractivity contribution in [2.75, 3.05) is 80.0 Å². The summed E-state index contributed by atoms with van der Waals surface area (Å²) in [6, 6.07) is 5.24. The summed E-state index contributed by atoms with van der Waals surface area (Å²) in [7, 11) is 3.20. The monoisotopic (exact) mass is 1020 g/mol. The van der Waals surface area contributed by atoms with Crippen LogP contribution in [0.5, 0.6) is 0 Å². The highest BCUT2D eigenvalue weighted by atomic mass is 32.2. The molecule has 3 rings (SSSR count). The molecule has 3 atom stereocenters.